The lowest BCUT2D eigenvalue weighted by Gasteiger charge is -2.30. The molecule has 4 aromatic rings. The van der Waals surface area contributed by atoms with Crippen molar-refractivity contribution in [2.75, 3.05) is 54.6 Å². The number of hydrogen-bond donors (Lipinski definition) is 3. The van der Waals surface area contributed by atoms with Crippen LogP contribution in [0.25, 0.3) is 0 Å². The summed E-state index contributed by atoms with van der Waals surface area (Å²) in [5.74, 6) is -2.96. The molecule has 5 unspecified atom stereocenters. The van der Waals surface area contributed by atoms with Gasteiger partial charge >= 0.3 is 34.4 Å². The van der Waals surface area contributed by atoms with E-state index in [4.69, 9.17) is 15.2 Å². The number of carbonyl (C=O) groups is 8. The Bertz CT molecular complexity index is 2620. The second-order valence-corrected chi connectivity index (χ2v) is 21.6. The van der Waals surface area contributed by atoms with Crippen molar-refractivity contribution in [2.24, 2.45) is 28.5 Å². The second kappa shape index (κ2) is 41.2. The van der Waals surface area contributed by atoms with Gasteiger partial charge in [0.1, 0.15) is 5.92 Å². The molecule has 17 nitrogen and oxygen atoms in total. The maximum atomic E-state index is 11.6. The van der Waals surface area contributed by atoms with Crippen LogP contribution in [-0.4, -0.2) is 113 Å². The van der Waals surface area contributed by atoms with E-state index in [1.54, 1.807) is 0 Å². The van der Waals surface area contributed by atoms with E-state index in [-0.39, 0.29) is 49.6 Å². The Morgan fingerprint density at radius 2 is 1.18 bits per heavy atom. The standard InChI is InChI=1S/C13H16INO3.C13H16INO2.C13H14INO2.C8H10IN.C5H8O4.C2Cl2O2.CH4/c1-9(13(17)18-2)12(16)15-8-7-10-5-3-4-6-11(10)14;2*1-8(13(16)17-2)12-10-4-3-5-11(14)9(10)6-7-15-12;9-8-4-2-1-3-7(8)5-6-10;1-4(9-3-6)5(7)8-2;3-1(5)2(4)6;/h3-6,9H,7-8H2,1-2H3,(H,15,16);3-5,8,12,15H,6-7H2,1-2H3;3-5,8H,6-7H2,1-2H3;1-4H,5-6,10H2;3-4H,1-2H3;;1H4. The first-order valence-corrected chi connectivity index (χ1v) is 28.7. The molecule has 0 aromatic heterocycles. The van der Waals surface area contributed by atoms with Crippen molar-refractivity contribution in [3.05, 3.63) is 133 Å². The zero-order valence-electron chi connectivity index (χ0n) is 43.8. The number of nitrogens with zero attached hydrogens (tertiary/aromatic N) is 1. The third-order valence-corrected chi connectivity index (χ3v) is 15.8. The monoisotopic (exact) mass is 1570 g/mol. The van der Waals surface area contributed by atoms with Crippen molar-refractivity contribution in [1.82, 2.24) is 10.6 Å². The maximum Gasteiger partial charge on any atom is 0.346 e. The Morgan fingerprint density at radius 1 is 0.679 bits per heavy atom. The van der Waals surface area contributed by atoms with E-state index in [0.29, 0.717) is 6.54 Å². The largest absolute Gasteiger partial charge is 0.469 e. The number of nitrogens with two attached hydrogens (primary N) is 1. The zero-order valence-corrected chi connectivity index (χ0v) is 53.9. The lowest BCUT2D eigenvalue weighted by atomic mass is 9.87. The summed E-state index contributed by atoms with van der Waals surface area (Å²) in [5.41, 5.74) is 13.8. The van der Waals surface area contributed by atoms with E-state index in [1.165, 1.54) is 84.4 Å². The van der Waals surface area contributed by atoms with Crippen LogP contribution in [0.1, 0.15) is 74.5 Å². The van der Waals surface area contributed by atoms with Gasteiger partial charge in [0.25, 0.3) is 6.47 Å². The molecule has 1 amide bonds. The average Bonchev–Trinajstić information content (AvgIpc) is 3.44. The Morgan fingerprint density at radius 3 is 1.68 bits per heavy atom. The highest BCUT2D eigenvalue weighted by Gasteiger charge is 2.31. The number of methoxy groups -OCH3 is 4. The number of amides is 1. The molecule has 0 radical (unpaired) electrons. The molecule has 4 N–H and O–H groups in total. The smallest absolute Gasteiger partial charge is 0.346 e. The van der Waals surface area contributed by atoms with Crippen LogP contribution in [0.3, 0.4) is 0 Å². The van der Waals surface area contributed by atoms with Crippen molar-refractivity contribution < 1.29 is 62.0 Å². The van der Waals surface area contributed by atoms with Gasteiger partial charge in [0.2, 0.25) is 5.91 Å². The molecule has 0 saturated heterocycles. The van der Waals surface area contributed by atoms with Gasteiger partial charge in [-0.3, -0.25) is 38.6 Å². The molecule has 4 aromatic carbocycles. The Balaban J connectivity index is 0.000000941. The topological polar surface area (TPSA) is 245 Å². The number of esters is 4. The highest BCUT2D eigenvalue weighted by atomic mass is 127. The molecule has 0 spiro atoms. The molecule has 0 fully saturated rings. The van der Waals surface area contributed by atoms with E-state index in [1.807, 2.05) is 68.4 Å². The number of hydrogen-bond acceptors (Lipinski definition) is 16. The Kier molecular flexibility index (Phi) is 39.1. The van der Waals surface area contributed by atoms with Gasteiger partial charge in [-0.1, -0.05) is 75.0 Å². The Labute approximate surface area is 522 Å². The van der Waals surface area contributed by atoms with E-state index >= 15 is 0 Å². The minimum Gasteiger partial charge on any atom is -0.469 e. The summed E-state index contributed by atoms with van der Waals surface area (Å²) in [5, 5.41) is 3.86. The van der Waals surface area contributed by atoms with Gasteiger partial charge in [-0.25, -0.2) is 4.79 Å². The molecule has 2 aliphatic heterocycles. The first kappa shape index (κ1) is 74.1. The van der Waals surface area contributed by atoms with E-state index in [9.17, 15) is 38.4 Å². The molecule has 0 bridgehead atoms. The van der Waals surface area contributed by atoms with Crippen LogP contribution in [0.5, 0.6) is 0 Å². The van der Waals surface area contributed by atoms with Crippen molar-refractivity contribution >= 4 is 166 Å². The predicted molar refractivity (Wildman–Crippen MR) is 336 cm³/mol. The number of ether oxygens (including phenoxy) is 5. The fourth-order valence-corrected chi connectivity index (χ4v) is 9.94. The second-order valence-electron chi connectivity index (χ2n) is 16.3. The summed E-state index contributed by atoms with van der Waals surface area (Å²) < 4.78 is 27.6. The number of fused-ring (bicyclic) bond motifs is 2. The molecule has 428 valence electrons. The minimum atomic E-state index is -1.14. The highest BCUT2D eigenvalue weighted by Crippen LogP contribution is 2.32. The van der Waals surface area contributed by atoms with Gasteiger partial charge in [-0.15, -0.1) is 0 Å². The summed E-state index contributed by atoms with van der Waals surface area (Å²) in [7, 11) is 5.36. The molecule has 2 heterocycles. The molecule has 5 atom stereocenters. The van der Waals surface area contributed by atoms with Crippen molar-refractivity contribution in [2.45, 2.75) is 73.0 Å². The SMILES string of the molecule is C.COC(=O)C(C)C(=O)NCCc1ccccc1I.COC(=O)C(C)C1=NCCc2c(I)cccc21.COC(=O)C(C)C1NCCc2c(I)cccc21.COC(=O)C(C)OC=O.NCCc1ccccc1I.O=C(Cl)C(=O)Cl. The third-order valence-electron chi connectivity index (χ3n) is 11.2. The predicted octanol–water partition coefficient (Wildman–Crippen LogP) is 9.16. The number of aliphatic imine (C=N–C) groups is 1. The summed E-state index contributed by atoms with van der Waals surface area (Å²) in [6.45, 7) is 9.86. The van der Waals surface area contributed by atoms with Crippen molar-refractivity contribution in [3.8, 4) is 0 Å². The molecular formula is C55H68Cl2I4N4O13. The number of benzene rings is 4. The van der Waals surface area contributed by atoms with Crippen molar-refractivity contribution in [1.29, 1.82) is 0 Å². The van der Waals surface area contributed by atoms with Crippen LogP contribution >= 0.6 is 114 Å². The number of rotatable bonds is 15. The average molecular weight is 1570 g/mol. The first-order chi connectivity index (χ1) is 36.6. The fourth-order valence-electron chi connectivity index (χ4n) is 7.07. The number of halogens is 6. The van der Waals surface area contributed by atoms with Gasteiger partial charge in [0.05, 0.1) is 46.0 Å². The summed E-state index contributed by atoms with van der Waals surface area (Å²) in [6, 6.07) is 28.8. The lowest BCUT2D eigenvalue weighted by Crippen LogP contribution is -2.37. The van der Waals surface area contributed by atoms with Gasteiger partial charge in [0, 0.05) is 39.0 Å². The van der Waals surface area contributed by atoms with Gasteiger partial charge in [-0.05, 0) is 225 Å². The minimum absolute atomic E-state index is 0. The summed E-state index contributed by atoms with van der Waals surface area (Å²) >= 11 is 18.3. The first-order valence-electron chi connectivity index (χ1n) is 23.6. The van der Waals surface area contributed by atoms with Crippen molar-refractivity contribution in [3.63, 3.8) is 0 Å². The normalized spacial score (nSPS) is 13.8. The quantitative estimate of drug-likeness (QED) is 0.0191. The number of carbonyl (C=O) groups excluding carboxylic acids is 8. The van der Waals surface area contributed by atoms with Crippen LogP contribution in [0.2, 0.25) is 0 Å². The van der Waals surface area contributed by atoms with Crippen LogP contribution in [0.4, 0.5) is 0 Å². The van der Waals surface area contributed by atoms with Gasteiger partial charge in [-0.2, -0.15) is 0 Å². The van der Waals surface area contributed by atoms with E-state index in [2.05, 4.69) is 174 Å². The molecule has 78 heavy (non-hydrogen) atoms. The van der Waals surface area contributed by atoms with Crippen LogP contribution in [0.15, 0.2) is 89.9 Å². The lowest BCUT2D eigenvalue weighted by molar-refractivity contribution is -0.157. The maximum absolute atomic E-state index is 11.6. The highest BCUT2D eigenvalue weighted by molar-refractivity contribution is 14.1. The summed E-state index contributed by atoms with van der Waals surface area (Å²) in [6.07, 6.45) is 2.91. The molecule has 2 aliphatic rings. The summed E-state index contributed by atoms with van der Waals surface area (Å²) in [4.78, 5) is 89.4. The molecule has 23 heteroatoms. The molecule has 0 aliphatic carbocycles. The molecule has 0 saturated carbocycles. The van der Waals surface area contributed by atoms with Gasteiger partial charge < -0.3 is 40.1 Å². The molecular weight excluding hydrogens is 1500 g/mol. The van der Waals surface area contributed by atoms with Crippen LogP contribution < -0.4 is 16.4 Å². The number of nitrogens with one attached hydrogen (secondary N) is 2. The van der Waals surface area contributed by atoms with Crippen LogP contribution in [0, 0.1) is 32.0 Å². The third kappa shape index (κ3) is 26.2. The molecule has 6 rings (SSSR count). The van der Waals surface area contributed by atoms with Crippen LogP contribution in [-0.2, 0) is 87.7 Å². The van der Waals surface area contributed by atoms with E-state index < -0.39 is 34.4 Å². The van der Waals surface area contributed by atoms with Gasteiger partial charge in [0.15, 0.2) is 6.10 Å². The van der Waals surface area contributed by atoms with E-state index in [0.717, 1.165) is 56.6 Å². The zero-order chi connectivity index (χ0) is 58.2. The Hall–Kier alpha value is -3.87. The fraction of sp³-hybridized carbons (Fsp3) is 0.400.